The Bertz CT molecular complexity index is 738. The maximum atomic E-state index is 12.4. The number of fused-ring (bicyclic) bond motifs is 1. The van der Waals surface area contributed by atoms with E-state index in [1.165, 1.54) is 0 Å². The Labute approximate surface area is 130 Å². The van der Waals surface area contributed by atoms with Crippen LogP contribution >= 0.6 is 0 Å². The van der Waals surface area contributed by atoms with Crippen molar-refractivity contribution in [3.63, 3.8) is 0 Å². The quantitative estimate of drug-likeness (QED) is 0.943. The van der Waals surface area contributed by atoms with Crippen molar-refractivity contribution in [3.05, 3.63) is 33.7 Å². The topological polar surface area (TPSA) is 56.4 Å². The van der Waals surface area contributed by atoms with Gasteiger partial charge in [0.25, 0.3) is 0 Å². The molecular formula is C17H24N2O3. The van der Waals surface area contributed by atoms with Gasteiger partial charge in [0.1, 0.15) is 6.10 Å². The fourth-order valence-corrected chi connectivity index (χ4v) is 3.46. The van der Waals surface area contributed by atoms with Gasteiger partial charge in [-0.1, -0.05) is 0 Å². The van der Waals surface area contributed by atoms with Crippen LogP contribution in [0.3, 0.4) is 0 Å². The predicted molar refractivity (Wildman–Crippen MR) is 86.2 cm³/mol. The Morgan fingerprint density at radius 3 is 2.45 bits per heavy atom. The molecule has 0 saturated carbocycles. The lowest BCUT2D eigenvalue weighted by molar-refractivity contribution is -0.00283. The van der Waals surface area contributed by atoms with E-state index in [9.17, 15) is 9.90 Å². The summed E-state index contributed by atoms with van der Waals surface area (Å²) < 4.78 is 9.17. The molecule has 1 aliphatic rings. The highest BCUT2D eigenvalue weighted by Gasteiger charge is 2.27. The Hall–Kier alpha value is -1.59. The molecule has 1 aromatic carbocycles. The molecule has 1 saturated heterocycles. The first kappa shape index (κ1) is 15.3. The molecular weight excluding hydrogens is 280 g/mol. The van der Waals surface area contributed by atoms with Crippen molar-refractivity contribution in [1.29, 1.82) is 0 Å². The smallest absolute Gasteiger partial charge is 0.329 e. The Morgan fingerprint density at radius 1 is 1.27 bits per heavy atom. The fraction of sp³-hybridized carbons (Fsp3) is 0.588. The van der Waals surface area contributed by atoms with Crippen molar-refractivity contribution in [2.75, 3.05) is 6.61 Å². The number of aromatic nitrogens is 2. The second kappa shape index (κ2) is 5.89. The third-order valence-corrected chi connectivity index (χ3v) is 4.67. The molecule has 0 radical (unpaired) electrons. The van der Waals surface area contributed by atoms with Crippen molar-refractivity contribution in [2.24, 2.45) is 0 Å². The van der Waals surface area contributed by atoms with Gasteiger partial charge < -0.3 is 9.84 Å². The second-order valence-electron chi connectivity index (χ2n) is 5.96. The molecule has 1 aliphatic heterocycles. The van der Waals surface area contributed by atoms with E-state index in [2.05, 4.69) is 0 Å². The van der Waals surface area contributed by atoms with Gasteiger partial charge in [0.05, 0.1) is 17.1 Å². The van der Waals surface area contributed by atoms with Crippen LogP contribution in [0.25, 0.3) is 11.0 Å². The number of aliphatic hydroxyl groups is 1. The molecule has 1 aromatic heterocycles. The number of hydrogen-bond donors (Lipinski definition) is 1. The highest BCUT2D eigenvalue weighted by molar-refractivity contribution is 5.78. The minimum absolute atomic E-state index is 0.0168. The van der Waals surface area contributed by atoms with Gasteiger partial charge in [-0.2, -0.15) is 0 Å². The molecule has 3 rings (SSSR count). The summed E-state index contributed by atoms with van der Waals surface area (Å²) in [4.78, 5) is 12.4. The van der Waals surface area contributed by atoms with E-state index in [0.717, 1.165) is 41.6 Å². The highest BCUT2D eigenvalue weighted by atomic mass is 16.5. The predicted octanol–water partition coefficient (Wildman–Crippen LogP) is 2.36. The largest absolute Gasteiger partial charge is 0.386 e. The molecule has 5 nitrogen and oxygen atoms in total. The van der Waals surface area contributed by atoms with Crippen LogP contribution in [0.2, 0.25) is 0 Å². The van der Waals surface area contributed by atoms with Gasteiger partial charge in [-0.15, -0.1) is 0 Å². The molecule has 2 unspecified atom stereocenters. The number of imidazole rings is 1. The summed E-state index contributed by atoms with van der Waals surface area (Å²) in [6, 6.07) is 3.98. The molecule has 0 aliphatic carbocycles. The van der Waals surface area contributed by atoms with Crippen molar-refractivity contribution in [1.82, 2.24) is 9.13 Å². The lowest BCUT2D eigenvalue weighted by Gasteiger charge is -2.20. The van der Waals surface area contributed by atoms with E-state index in [1.807, 2.05) is 32.9 Å². The maximum absolute atomic E-state index is 12.4. The van der Waals surface area contributed by atoms with Crippen LogP contribution in [0, 0.1) is 6.92 Å². The molecule has 120 valence electrons. The van der Waals surface area contributed by atoms with Crippen LogP contribution < -0.4 is 5.69 Å². The standard InChI is InChI=1S/C17H24N2O3/c1-4-18-13-9-11(3)12(16(20)15-7-6-8-22-15)10-14(13)19(5-2)17(18)21/h9-10,15-16,20H,4-8H2,1-3H3. The van der Waals surface area contributed by atoms with Crippen LogP contribution in [0.4, 0.5) is 0 Å². The van der Waals surface area contributed by atoms with Gasteiger partial charge in [-0.25, -0.2) is 4.79 Å². The first-order valence-corrected chi connectivity index (χ1v) is 8.11. The van der Waals surface area contributed by atoms with Gasteiger partial charge in [-0.05, 0) is 56.9 Å². The van der Waals surface area contributed by atoms with Crippen LogP contribution in [0.5, 0.6) is 0 Å². The van der Waals surface area contributed by atoms with E-state index >= 15 is 0 Å². The van der Waals surface area contributed by atoms with Gasteiger partial charge in [0.15, 0.2) is 0 Å². The third kappa shape index (κ3) is 2.29. The molecule has 2 heterocycles. The monoisotopic (exact) mass is 304 g/mol. The fourth-order valence-electron chi connectivity index (χ4n) is 3.46. The van der Waals surface area contributed by atoms with Gasteiger partial charge in [0.2, 0.25) is 0 Å². The summed E-state index contributed by atoms with van der Waals surface area (Å²) in [5.74, 6) is 0. The van der Waals surface area contributed by atoms with Gasteiger partial charge >= 0.3 is 5.69 Å². The minimum atomic E-state index is -0.628. The normalized spacial score (nSPS) is 19.9. The number of aliphatic hydroxyl groups excluding tert-OH is 1. The van der Waals surface area contributed by atoms with Crippen molar-refractivity contribution < 1.29 is 9.84 Å². The van der Waals surface area contributed by atoms with Crippen LogP contribution in [0.15, 0.2) is 16.9 Å². The number of benzene rings is 1. The van der Waals surface area contributed by atoms with E-state index in [0.29, 0.717) is 13.1 Å². The molecule has 1 N–H and O–H groups in total. The molecule has 2 aromatic rings. The van der Waals surface area contributed by atoms with E-state index in [-0.39, 0.29) is 11.8 Å². The van der Waals surface area contributed by atoms with E-state index in [1.54, 1.807) is 9.13 Å². The first-order valence-electron chi connectivity index (χ1n) is 8.11. The average Bonchev–Trinajstić information content (AvgIpc) is 3.11. The van der Waals surface area contributed by atoms with Crippen LogP contribution in [0.1, 0.15) is 43.9 Å². The first-order chi connectivity index (χ1) is 10.6. The number of rotatable bonds is 4. The molecule has 0 spiro atoms. The Balaban J connectivity index is 2.16. The van der Waals surface area contributed by atoms with Crippen molar-refractivity contribution >= 4 is 11.0 Å². The average molecular weight is 304 g/mol. The molecule has 5 heteroatoms. The molecule has 1 fully saturated rings. The summed E-state index contributed by atoms with van der Waals surface area (Å²) in [5.41, 5.74) is 3.73. The second-order valence-corrected chi connectivity index (χ2v) is 5.96. The zero-order valence-electron chi connectivity index (χ0n) is 13.5. The Kier molecular flexibility index (Phi) is 4.10. The summed E-state index contributed by atoms with van der Waals surface area (Å²) in [6.07, 6.45) is 1.12. The molecule has 0 amide bonds. The lowest BCUT2D eigenvalue weighted by Crippen LogP contribution is -2.23. The zero-order chi connectivity index (χ0) is 15.9. The summed E-state index contributed by atoms with van der Waals surface area (Å²) in [5, 5.41) is 10.6. The highest BCUT2D eigenvalue weighted by Crippen LogP contribution is 2.31. The number of ether oxygens (including phenoxy) is 1. The Morgan fingerprint density at radius 2 is 1.91 bits per heavy atom. The van der Waals surface area contributed by atoms with Gasteiger partial charge in [0, 0.05) is 19.7 Å². The molecule has 0 bridgehead atoms. The van der Waals surface area contributed by atoms with Crippen LogP contribution in [-0.4, -0.2) is 27.0 Å². The van der Waals surface area contributed by atoms with Crippen LogP contribution in [-0.2, 0) is 17.8 Å². The number of aryl methyl sites for hydroxylation is 3. The molecule has 2 atom stereocenters. The van der Waals surface area contributed by atoms with Crippen molar-refractivity contribution in [2.45, 2.75) is 58.9 Å². The maximum Gasteiger partial charge on any atom is 0.329 e. The van der Waals surface area contributed by atoms with Crippen molar-refractivity contribution in [3.8, 4) is 0 Å². The number of hydrogen-bond acceptors (Lipinski definition) is 3. The lowest BCUT2D eigenvalue weighted by atomic mass is 9.97. The summed E-state index contributed by atoms with van der Waals surface area (Å²) in [6.45, 7) is 7.92. The number of nitrogens with zero attached hydrogens (tertiary/aromatic N) is 2. The van der Waals surface area contributed by atoms with E-state index in [4.69, 9.17) is 4.74 Å². The third-order valence-electron chi connectivity index (χ3n) is 4.67. The minimum Gasteiger partial charge on any atom is -0.386 e. The SMILES string of the molecule is CCn1c(=O)n(CC)c2cc(C(O)C3CCCO3)c(C)cc21. The van der Waals surface area contributed by atoms with E-state index < -0.39 is 6.10 Å². The molecule has 22 heavy (non-hydrogen) atoms. The summed E-state index contributed by atoms with van der Waals surface area (Å²) in [7, 11) is 0. The zero-order valence-corrected chi connectivity index (χ0v) is 13.5. The van der Waals surface area contributed by atoms with Gasteiger partial charge in [-0.3, -0.25) is 9.13 Å². The summed E-state index contributed by atoms with van der Waals surface area (Å²) >= 11 is 0.